The van der Waals surface area contributed by atoms with Crippen LogP contribution in [0.2, 0.25) is 0 Å². The second-order valence-corrected chi connectivity index (χ2v) is 6.49. The van der Waals surface area contributed by atoms with E-state index >= 15 is 0 Å². The number of carbonyl (C=O) groups excluding carboxylic acids is 2. The summed E-state index contributed by atoms with van der Waals surface area (Å²) >= 11 is 2.61. The number of aliphatic carboxylic acids is 1. The Hall–Kier alpha value is -0.950. The van der Waals surface area contributed by atoms with Crippen LogP contribution in [-0.4, -0.2) is 38.8 Å². The summed E-state index contributed by atoms with van der Waals surface area (Å²) in [6, 6.07) is 0. The molecule has 0 saturated carbocycles. The molecule has 2 rings (SSSR count). The van der Waals surface area contributed by atoms with Gasteiger partial charge >= 0.3 is 5.97 Å². The fraction of sp³-hybridized carbons (Fsp3) is 0.545. The molecule has 18 heavy (non-hydrogen) atoms. The molecule has 5 nitrogen and oxygen atoms in total. The lowest BCUT2D eigenvalue weighted by Gasteiger charge is -2.33. The highest BCUT2D eigenvalue weighted by atomic mass is 32.2. The molecule has 1 saturated heterocycles. The quantitative estimate of drug-likeness (QED) is 0.749. The molecule has 2 aliphatic heterocycles. The minimum atomic E-state index is -1.09. The summed E-state index contributed by atoms with van der Waals surface area (Å²) in [6.07, 6.45) is 1.69. The zero-order valence-electron chi connectivity index (χ0n) is 9.84. The molecule has 0 aromatic rings. The van der Waals surface area contributed by atoms with Gasteiger partial charge < -0.3 is 5.11 Å². The highest BCUT2D eigenvalue weighted by molar-refractivity contribution is 8.23. The molecule has 1 N–H and O–H groups in total. The van der Waals surface area contributed by atoms with E-state index in [-0.39, 0.29) is 28.5 Å². The molecular weight excluding hydrogens is 274 g/mol. The normalized spacial score (nSPS) is 21.9. The largest absolute Gasteiger partial charge is 0.477 e. The number of ketones is 1. The van der Waals surface area contributed by atoms with E-state index < -0.39 is 5.97 Å². The van der Waals surface area contributed by atoms with Crippen LogP contribution in [0.1, 0.15) is 26.2 Å². The van der Waals surface area contributed by atoms with Crippen LogP contribution in [0.4, 0.5) is 0 Å². The molecule has 0 radical (unpaired) electrons. The number of amides is 1. The molecule has 1 amide bonds. The van der Waals surface area contributed by atoms with E-state index in [2.05, 4.69) is 0 Å². The third-order valence-electron chi connectivity index (χ3n) is 2.68. The lowest BCUT2D eigenvalue weighted by atomic mass is 10.2. The standard InChI is InChI=1S/C11H13NO4S2/c1-2-3-6(13)5-17-11-9(10(15)16)12-7(14)4-8(12)18-11/h8H,2-5H2,1H3,(H,15,16)/t8-/m0/s1. The summed E-state index contributed by atoms with van der Waals surface area (Å²) in [5.41, 5.74) is 0.0514. The number of Topliss-reactive ketones (excluding diaryl/α,β-unsaturated/α-hetero) is 1. The van der Waals surface area contributed by atoms with Gasteiger partial charge in [-0.1, -0.05) is 18.7 Å². The maximum absolute atomic E-state index is 11.4. The van der Waals surface area contributed by atoms with Crippen molar-refractivity contribution >= 4 is 41.2 Å². The van der Waals surface area contributed by atoms with Crippen LogP contribution in [0.5, 0.6) is 0 Å². The molecule has 98 valence electrons. The first-order valence-corrected chi connectivity index (χ1v) is 7.52. The topological polar surface area (TPSA) is 74.7 Å². The number of carbonyl (C=O) groups is 3. The Morgan fingerprint density at radius 1 is 1.56 bits per heavy atom. The van der Waals surface area contributed by atoms with Crippen LogP contribution < -0.4 is 0 Å². The highest BCUT2D eigenvalue weighted by Gasteiger charge is 2.48. The molecule has 2 aliphatic rings. The van der Waals surface area contributed by atoms with Crippen LogP contribution in [0.3, 0.4) is 0 Å². The first-order chi connectivity index (χ1) is 8.54. The summed E-state index contributed by atoms with van der Waals surface area (Å²) in [5.74, 6) is -0.855. The van der Waals surface area contributed by atoms with Gasteiger partial charge in [0, 0.05) is 6.42 Å². The molecule has 0 aromatic carbocycles. The van der Waals surface area contributed by atoms with Crippen LogP contribution in [0.15, 0.2) is 9.93 Å². The van der Waals surface area contributed by atoms with E-state index in [1.54, 1.807) is 0 Å². The summed E-state index contributed by atoms with van der Waals surface area (Å²) in [6.45, 7) is 1.93. The Labute approximate surface area is 113 Å². The zero-order valence-corrected chi connectivity index (χ0v) is 11.5. The van der Waals surface area contributed by atoms with E-state index in [1.165, 1.54) is 28.4 Å². The Kier molecular flexibility index (Phi) is 4.01. The number of carboxylic acid groups (broad SMARTS) is 1. The van der Waals surface area contributed by atoms with Crippen molar-refractivity contribution in [1.29, 1.82) is 0 Å². The predicted octanol–water partition coefficient (Wildman–Crippen LogP) is 1.65. The van der Waals surface area contributed by atoms with Crippen molar-refractivity contribution in [3.63, 3.8) is 0 Å². The maximum atomic E-state index is 11.4. The van der Waals surface area contributed by atoms with Crippen molar-refractivity contribution < 1.29 is 19.5 Å². The van der Waals surface area contributed by atoms with Crippen molar-refractivity contribution in [3.8, 4) is 0 Å². The van der Waals surface area contributed by atoms with Gasteiger partial charge in [0.25, 0.3) is 0 Å². The van der Waals surface area contributed by atoms with Gasteiger partial charge in [-0.3, -0.25) is 14.5 Å². The smallest absolute Gasteiger partial charge is 0.354 e. The SMILES string of the molecule is CCCC(=O)CSC1=C(C(=O)O)N2C(=O)C[C@@H]2S1. The summed E-state index contributed by atoms with van der Waals surface area (Å²) in [4.78, 5) is 35.3. The fourth-order valence-electron chi connectivity index (χ4n) is 1.82. The van der Waals surface area contributed by atoms with Crippen molar-refractivity contribution in [2.45, 2.75) is 31.6 Å². The van der Waals surface area contributed by atoms with Crippen LogP contribution in [0.25, 0.3) is 0 Å². The van der Waals surface area contributed by atoms with Gasteiger partial charge in [-0.25, -0.2) is 4.79 Å². The Morgan fingerprint density at radius 2 is 2.28 bits per heavy atom. The number of thioether (sulfide) groups is 2. The molecule has 0 aromatic heterocycles. The monoisotopic (exact) mass is 287 g/mol. The van der Waals surface area contributed by atoms with Crippen molar-refractivity contribution in [3.05, 3.63) is 9.93 Å². The van der Waals surface area contributed by atoms with E-state index in [0.29, 0.717) is 17.1 Å². The number of nitrogens with zero attached hydrogens (tertiary/aromatic N) is 1. The zero-order chi connectivity index (χ0) is 13.3. The molecular formula is C11H13NO4S2. The van der Waals surface area contributed by atoms with E-state index in [9.17, 15) is 14.4 Å². The third-order valence-corrected chi connectivity index (χ3v) is 5.30. The Balaban J connectivity index is 2.05. The van der Waals surface area contributed by atoms with Gasteiger partial charge in [-0.05, 0) is 6.42 Å². The third kappa shape index (κ3) is 2.42. The maximum Gasteiger partial charge on any atom is 0.354 e. The van der Waals surface area contributed by atoms with Gasteiger partial charge in [0.05, 0.1) is 21.8 Å². The average Bonchev–Trinajstić information content (AvgIpc) is 2.59. The first-order valence-electron chi connectivity index (χ1n) is 5.65. The Morgan fingerprint density at radius 3 is 2.83 bits per heavy atom. The number of β-lactam (4-membered cyclic amide) rings is 1. The first kappa shape index (κ1) is 13.5. The molecule has 1 atom stereocenters. The van der Waals surface area contributed by atoms with Crippen molar-refractivity contribution in [2.75, 3.05) is 5.75 Å². The number of hydrogen-bond acceptors (Lipinski definition) is 5. The number of carboxylic acids is 1. The molecule has 7 heteroatoms. The number of rotatable bonds is 6. The number of fused-ring (bicyclic) bond motifs is 1. The molecule has 1 fully saturated rings. The van der Waals surface area contributed by atoms with Gasteiger partial charge in [-0.2, -0.15) is 0 Å². The van der Waals surface area contributed by atoms with E-state index in [4.69, 9.17) is 5.11 Å². The van der Waals surface area contributed by atoms with Gasteiger partial charge in [0.2, 0.25) is 5.91 Å². The lowest BCUT2D eigenvalue weighted by molar-refractivity contribution is -0.145. The van der Waals surface area contributed by atoms with Crippen LogP contribution in [-0.2, 0) is 14.4 Å². The molecule has 0 aliphatic carbocycles. The van der Waals surface area contributed by atoms with Crippen molar-refractivity contribution in [1.82, 2.24) is 4.90 Å². The predicted molar refractivity (Wildman–Crippen MR) is 69.9 cm³/mol. The fourth-order valence-corrected chi connectivity index (χ4v) is 4.46. The lowest BCUT2D eigenvalue weighted by Crippen LogP contribution is -2.48. The van der Waals surface area contributed by atoms with Gasteiger partial charge in [-0.15, -0.1) is 11.8 Å². The van der Waals surface area contributed by atoms with Crippen LogP contribution >= 0.6 is 23.5 Å². The van der Waals surface area contributed by atoms with E-state index in [1.807, 2.05) is 6.92 Å². The summed E-state index contributed by atoms with van der Waals surface area (Å²) in [7, 11) is 0. The molecule has 2 heterocycles. The highest BCUT2D eigenvalue weighted by Crippen LogP contribution is 2.50. The molecule has 0 unspecified atom stereocenters. The van der Waals surface area contributed by atoms with Crippen molar-refractivity contribution in [2.24, 2.45) is 0 Å². The summed E-state index contributed by atoms with van der Waals surface area (Å²) < 4.78 is 0.586. The summed E-state index contributed by atoms with van der Waals surface area (Å²) in [5, 5.41) is 9.05. The second kappa shape index (κ2) is 5.36. The average molecular weight is 287 g/mol. The minimum Gasteiger partial charge on any atom is -0.477 e. The Bertz CT molecular complexity index is 446. The molecule has 0 bridgehead atoms. The number of hydrogen-bond donors (Lipinski definition) is 1. The second-order valence-electron chi connectivity index (χ2n) is 4.06. The minimum absolute atomic E-state index is 0.0514. The van der Waals surface area contributed by atoms with Gasteiger partial charge in [0.15, 0.2) is 5.70 Å². The van der Waals surface area contributed by atoms with Crippen LogP contribution in [0, 0.1) is 0 Å². The van der Waals surface area contributed by atoms with Gasteiger partial charge in [0.1, 0.15) is 5.78 Å². The molecule has 0 spiro atoms. The van der Waals surface area contributed by atoms with E-state index in [0.717, 1.165) is 6.42 Å².